The summed E-state index contributed by atoms with van der Waals surface area (Å²) >= 11 is 0. The van der Waals surface area contributed by atoms with E-state index in [4.69, 9.17) is 4.74 Å². The number of nitrogens with one attached hydrogen (secondary N) is 1. The molecule has 2 rings (SSSR count). The minimum atomic E-state index is -0.147. The van der Waals surface area contributed by atoms with Crippen LogP contribution in [0, 0.1) is 5.41 Å². The number of ether oxygens (including phenoxy) is 1. The fourth-order valence-corrected chi connectivity index (χ4v) is 3.18. The van der Waals surface area contributed by atoms with E-state index < -0.39 is 0 Å². The minimum absolute atomic E-state index is 0.0973. The number of rotatable bonds is 7. The Balaban J connectivity index is 1.73. The van der Waals surface area contributed by atoms with Crippen LogP contribution in [0.25, 0.3) is 0 Å². The van der Waals surface area contributed by atoms with Gasteiger partial charge in [0.25, 0.3) is 0 Å². The van der Waals surface area contributed by atoms with Gasteiger partial charge in [-0.25, -0.2) is 0 Å². The van der Waals surface area contributed by atoms with E-state index in [1.54, 1.807) is 7.11 Å². The molecule has 1 aliphatic carbocycles. The first-order chi connectivity index (χ1) is 10.6. The Kier molecular flexibility index (Phi) is 5.83. The van der Waals surface area contributed by atoms with Crippen LogP contribution in [0.5, 0.6) is 5.75 Å². The Morgan fingerprint density at radius 3 is 2.77 bits per heavy atom. The van der Waals surface area contributed by atoms with E-state index in [-0.39, 0.29) is 24.0 Å². The molecule has 4 heteroatoms. The van der Waals surface area contributed by atoms with Gasteiger partial charge in [-0.2, -0.15) is 0 Å². The fourth-order valence-electron chi connectivity index (χ4n) is 3.18. The van der Waals surface area contributed by atoms with E-state index in [0.29, 0.717) is 6.42 Å². The number of hydrogen-bond donors (Lipinski definition) is 2. The van der Waals surface area contributed by atoms with Gasteiger partial charge in [-0.3, -0.25) is 4.79 Å². The predicted octanol–water partition coefficient (Wildman–Crippen LogP) is 2.69. The number of carbonyl (C=O) groups is 1. The summed E-state index contributed by atoms with van der Waals surface area (Å²) in [7, 11) is 1.66. The molecule has 1 saturated carbocycles. The van der Waals surface area contributed by atoms with Gasteiger partial charge in [0, 0.05) is 17.9 Å². The number of hydrogen-bond acceptors (Lipinski definition) is 3. The third-order valence-electron chi connectivity index (χ3n) is 4.81. The second-order valence-electron chi connectivity index (χ2n) is 6.53. The van der Waals surface area contributed by atoms with E-state index in [1.165, 1.54) is 5.56 Å². The molecule has 0 saturated heterocycles. The van der Waals surface area contributed by atoms with Crippen molar-refractivity contribution >= 4 is 5.91 Å². The maximum atomic E-state index is 12.1. The van der Waals surface area contributed by atoms with Gasteiger partial charge in [0.15, 0.2) is 0 Å². The zero-order valence-corrected chi connectivity index (χ0v) is 13.6. The van der Waals surface area contributed by atoms with Crippen LogP contribution in [0.3, 0.4) is 0 Å². The van der Waals surface area contributed by atoms with Gasteiger partial charge in [-0.15, -0.1) is 0 Å². The highest BCUT2D eigenvalue weighted by Crippen LogP contribution is 2.37. The van der Waals surface area contributed by atoms with Gasteiger partial charge in [0.2, 0.25) is 5.91 Å². The van der Waals surface area contributed by atoms with Crippen molar-refractivity contribution in [3.05, 3.63) is 29.8 Å². The zero-order valence-electron chi connectivity index (χ0n) is 13.6. The number of carbonyl (C=O) groups excluding carboxylic acids is 1. The number of aliphatic hydroxyl groups excluding tert-OH is 1. The van der Waals surface area contributed by atoms with E-state index in [9.17, 15) is 9.90 Å². The number of aryl methyl sites for hydroxylation is 1. The average molecular weight is 305 g/mol. The Bertz CT molecular complexity index is 486. The third kappa shape index (κ3) is 4.23. The van der Waals surface area contributed by atoms with Gasteiger partial charge >= 0.3 is 0 Å². The summed E-state index contributed by atoms with van der Waals surface area (Å²) in [4.78, 5) is 12.1. The maximum Gasteiger partial charge on any atom is 0.220 e. The molecule has 1 fully saturated rings. The lowest BCUT2D eigenvalue weighted by Gasteiger charge is -2.30. The quantitative estimate of drug-likeness (QED) is 0.814. The predicted molar refractivity (Wildman–Crippen MR) is 86.9 cm³/mol. The molecule has 0 heterocycles. The summed E-state index contributed by atoms with van der Waals surface area (Å²) in [6, 6.07) is 8.08. The van der Waals surface area contributed by atoms with Crippen LogP contribution in [0.1, 0.15) is 44.6 Å². The summed E-state index contributed by atoms with van der Waals surface area (Å²) in [5.41, 5.74) is 1.07. The first-order valence-corrected chi connectivity index (χ1v) is 8.10. The normalized spacial score (nSPS) is 24.2. The molecule has 122 valence electrons. The number of benzene rings is 1. The standard InChI is InChI=1S/C18H27NO3/c1-18(13-20)12-4-6-16(18)19-17(21)7-3-5-14-8-10-15(22-2)11-9-14/h8-11,16,20H,3-7,12-13H2,1-2H3,(H,19,21). The SMILES string of the molecule is COc1ccc(CCCC(=O)NC2CCCC2(C)CO)cc1. The van der Waals surface area contributed by atoms with Crippen molar-refractivity contribution < 1.29 is 14.6 Å². The lowest BCUT2D eigenvalue weighted by Crippen LogP contribution is -2.44. The van der Waals surface area contributed by atoms with Gasteiger partial charge in [-0.1, -0.05) is 25.5 Å². The second kappa shape index (κ2) is 7.63. The van der Waals surface area contributed by atoms with Crippen molar-refractivity contribution in [1.29, 1.82) is 0 Å². The lowest BCUT2D eigenvalue weighted by atomic mass is 9.85. The molecule has 1 amide bonds. The summed E-state index contributed by atoms with van der Waals surface area (Å²) < 4.78 is 5.13. The average Bonchev–Trinajstić information content (AvgIpc) is 2.89. The van der Waals surface area contributed by atoms with E-state index in [1.807, 2.05) is 24.3 Å². The van der Waals surface area contributed by atoms with Gasteiger partial charge in [-0.05, 0) is 43.4 Å². The largest absolute Gasteiger partial charge is 0.497 e. The molecule has 1 aromatic rings. The summed E-state index contributed by atoms with van der Waals surface area (Å²) in [5, 5.41) is 12.6. The molecular formula is C18H27NO3. The van der Waals surface area contributed by atoms with Crippen molar-refractivity contribution in [3.8, 4) is 5.75 Å². The van der Waals surface area contributed by atoms with Crippen molar-refractivity contribution in [2.75, 3.05) is 13.7 Å². The van der Waals surface area contributed by atoms with Crippen LogP contribution in [0.2, 0.25) is 0 Å². The molecular weight excluding hydrogens is 278 g/mol. The molecule has 1 aliphatic rings. The van der Waals surface area contributed by atoms with Crippen molar-refractivity contribution in [2.45, 2.75) is 51.5 Å². The lowest BCUT2D eigenvalue weighted by molar-refractivity contribution is -0.122. The molecule has 2 unspecified atom stereocenters. The van der Waals surface area contributed by atoms with Crippen LogP contribution in [0.15, 0.2) is 24.3 Å². The van der Waals surface area contributed by atoms with Crippen LogP contribution in [0.4, 0.5) is 0 Å². The fraction of sp³-hybridized carbons (Fsp3) is 0.611. The summed E-state index contributed by atoms with van der Waals surface area (Å²) in [6.07, 6.45) is 5.29. The molecule has 2 atom stereocenters. The van der Waals surface area contributed by atoms with E-state index in [2.05, 4.69) is 12.2 Å². The molecule has 1 aromatic carbocycles. The van der Waals surface area contributed by atoms with Crippen molar-refractivity contribution in [2.24, 2.45) is 5.41 Å². The monoisotopic (exact) mass is 305 g/mol. The number of aliphatic hydroxyl groups is 1. The summed E-state index contributed by atoms with van der Waals surface area (Å²) in [6.45, 7) is 2.20. The minimum Gasteiger partial charge on any atom is -0.497 e. The number of methoxy groups -OCH3 is 1. The highest BCUT2D eigenvalue weighted by molar-refractivity contribution is 5.76. The molecule has 22 heavy (non-hydrogen) atoms. The molecule has 0 bridgehead atoms. The van der Waals surface area contributed by atoms with Gasteiger partial charge < -0.3 is 15.2 Å². The Morgan fingerprint density at radius 1 is 1.41 bits per heavy atom. The van der Waals surface area contributed by atoms with Crippen LogP contribution in [-0.2, 0) is 11.2 Å². The zero-order chi connectivity index (χ0) is 16.0. The van der Waals surface area contributed by atoms with Crippen LogP contribution in [-0.4, -0.2) is 30.8 Å². The van der Waals surface area contributed by atoms with Gasteiger partial charge in [0.05, 0.1) is 13.7 Å². The van der Waals surface area contributed by atoms with E-state index >= 15 is 0 Å². The van der Waals surface area contributed by atoms with Crippen molar-refractivity contribution in [3.63, 3.8) is 0 Å². The highest BCUT2D eigenvalue weighted by atomic mass is 16.5. The topological polar surface area (TPSA) is 58.6 Å². The van der Waals surface area contributed by atoms with Crippen LogP contribution >= 0.6 is 0 Å². The molecule has 4 nitrogen and oxygen atoms in total. The molecule has 2 N–H and O–H groups in total. The van der Waals surface area contributed by atoms with Crippen LogP contribution < -0.4 is 10.1 Å². The first-order valence-electron chi connectivity index (χ1n) is 8.10. The van der Waals surface area contributed by atoms with E-state index in [0.717, 1.165) is 37.9 Å². The molecule has 0 aliphatic heterocycles. The second-order valence-corrected chi connectivity index (χ2v) is 6.53. The first kappa shape index (κ1) is 16.8. The molecule has 0 radical (unpaired) electrons. The molecule has 0 spiro atoms. The highest BCUT2D eigenvalue weighted by Gasteiger charge is 2.38. The Labute approximate surface area is 132 Å². The smallest absolute Gasteiger partial charge is 0.220 e. The maximum absolute atomic E-state index is 12.1. The Morgan fingerprint density at radius 2 is 2.14 bits per heavy atom. The Hall–Kier alpha value is -1.55. The summed E-state index contributed by atoms with van der Waals surface area (Å²) in [5.74, 6) is 0.950. The molecule has 0 aromatic heterocycles. The number of amides is 1. The van der Waals surface area contributed by atoms with Gasteiger partial charge in [0.1, 0.15) is 5.75 Å². The third-order valence-corrected chi connectivity index (χ3v) is 4.81. The van der Waals surface area contributed by atoms with Crippen molar-refractivity contribution in [1.82, 2.24) is 5.32 Å².